The number of aromatic nitrogens is 2. The van der Waals surface area contributed by atoms with Crippen LogP contribution in [-0.2, 0) is 6.42 Å². The Hall–Kier alpha value is -2.43. The van der Waals surface area contributed by atoms with Crippen LogP contribution in [-0.4, -0.2) is 29.0 Å². The molecule has 1 N–H and O–H groups in total. The lowest BCUT2D eigenvalue weighted by molar-refractivity contribution is 0.0953. The number of carbonyl (C=O) groups excluding carboxylic acids is 1. The Morgan fingerprint density at radius 1 is 1.23 bits per heavy atom. The van der Waals surface area contributed by atoms with E-state index < -0.39 is 0 Å². The van der Waals surface area contributed by atoms with Crippen molar-refractivity contribution < 1.29 is 9.53 Å². The molecule has 0 atom stereocenters. The number of rotatable bonds is 7. The first-order valence-electron chi connectivity index (χ1n) is 7.57. The molecule has 1 aliphatic rings. The van der Waals surface area contributed by atoms with Crippen LogP contribution >= 0.6 is 0 Å². The van der Waals surface area contributed by atoms with Gasteiger partial charge in [-0.05, 0) is 48.9 Å². The second kappa shape index (κ2) is 7.02. The Kier molecular flexibility index (Phi) is 4.63. The van der Waals surface area contributed by atoms with Gasteiger partial charge in [0, 0.05) is 36.8 Å². The Labute approximate surface area is 129 Å². The van der Waals surface area contributed by atoms with Gasteiger partial charge >= 0.3 is 0 Å². The maximum absolute atomic E-state index is 12.1. The van der Waals surface area contributed by atoms with Crippen molar-refractivity contribution in [1.29, 1.82) is 0 Å². The molecule has 1 aliphatic carbocycles. The zero-order valence-electron chi connectivity index (χ0n) is 12.4. The molecule has 2 aromatic rings. The molecule has 2 heterocycles. The van der Waals surface area contributed by atoms with Gasteiger partial charge in [0.1, 0.15) is 0 Å². The molecule has 0 unspecified atom stereocenters. The highest BCUT2D eigenvalue weighted by atomic mass is 16.5. The predicted molar refractivity (Wildman–Crippen MR) is 82.7 cm³/mol. The fraction of sp³-hybridized carbons (Fsp3) is 0.353. The standard InChI is InChI=1S/C17H19N3O2/c21-17(20-9-5-13-3-7-18-8-4-13)15-6-10-19-16(11-15)22-12-14-1-2-14/h3-4,6-8,10-11,14H,1-2,5,9,12H2,(H,20,21). The first-order chi connectivity index (χ1) is 10.8. The van der Waals surface area contributed by atoms with Crippen molar-refractivity contribution in [1.82, 2.24) is 15.3 Å². The van der Waals surface area contributed by atoms with Gasteiger partial charge in [-0.2, -0.15) is 0 Å². The molecule has 3 rings (SSSR count). The fourth-order valence-corrected chi connectivity index (χ4v) is 2.09. The average molecular weight is 297 g/mol. The number of carbonyl (C=O) groups is 1. The van der Waals surface area contributed by atoms with E-state index in [1.165, 1.54) is 12.8 Å². The Morgan fingerprint density at radius 3 is 2.82 bits per heavy atom. The summed E-state index contributed by atoms with van der Waals surface area (Å²) in [6.45, 7) is 1.28. The first kappa shape index (κ1) is 14.5. The topological polar surface area (TPSA) is 64.1 Å². The number of hydrogen-bond donors (Lipinski definition) is 1. The van der Waals surface area contributed by atoms with Crippen LogP contribution in [0.1, 0.15) is 28.8 Å². The molecule has 0 saturated heterocycles. The summed E-state index contributed by atoms with van der Waals surface area (Å²) in [7, 11) is 0. The number of nitrogens with one attached hydrogen (secondary N) is 1. The van der Waals surface area contributed by atoms with Gasteiger partial charge < -0.3 is 10.1 Å². The molecule has 1 fully saturated rings. The molecule has 0 radical (unpaired) electrons. The summed E-state index contributed by atoms with van der Waals surface area (Å²) >= 11 is 0. The highest BCUT2D eigenvalue weighted by molar-refractivity contribution is 5.94. The number of ether oxygens (including phenoxy) is 1. The van der Waals surface area contributed by atoms with E-state index in [4.69, 9.17) is 4.74 Å². The number of pyridine rings is 2. The third-order valence-corrected chi connectivity index (χ3v) is 3.61. The van der Waals surface area contributed by atoms with E-state index in [0.29, 0.717) is 30.5 Å². The van der Waals surface area contributed by atoms with Gasteiger partial charge in [0.05, 0.1) is 6.61 Å². The molecule has 114 valence electrons. The first-order valence-corrected chi connectivity index (χ1v) is 7.57. The van der Waals surface area contributed by atoms with E-state index in [1.54, 1.807) is 30.7 Å². The molecule has 0 aliphatic heterocycles. The van der Waals surface area contributed by atoms with Crippen molar-refractivity contribution in [2.75, 3.05) is 13.2 Å². The summed E-state index contributed by atoms with van der Waals surface area (Å²) in [5, 5.41) is 2.91. The Bertz CT molecular complexity index is 627. The number of hydrogen-bond acceptors (Lipinski definition) is 4. The van der Waals surface area contributed by atoms with Crippen LogP contribution in [0.4, 0.5) is 0 Å². The average Bonchev–Trinajstić information content (AvgIpc) is 3.38. The van der Waals surface area contributed by atoms with Gasteiger partial charge in [0.15, 0.2) is 0 Å². The Balaban J connectivity index is 1.49. The van der Waals surface area contributed by atoms with E-state index in [9.17, 15) is 4.79 Å². The molecule has 0 aromatic carbocycles. The van der Waals surface area contributed by atoms with Crippen LogP contribution in [0, 0.1) is 5.92 Å². The van der Waals surface area contributed by atoms with Crippen molar-refractivity contribution in [3.8, 4) is 5.88 Å². The monoisotopic (exact) mass is 297 g/mol. The minimum Gasteiger partial charge on any atom is -0.477 e. The molecule has 5 nitrogen and oxygen atoms in total. The van der Waals surface area contributed by atoms with Crippen molar-refractivity contribution >= 4 is 5.91 Å². The van der Waals surface area contributed by atoms with Crippen molar-refractivity contribution in [2.24, 2.45) is 5.92 Å². The molecule has 2 aromatic heterocycles. The second-order valence-corrected chi connectivity index (χ2v) is 5.50. The van der Waals surface area contributed by atoms with Crippen LogP contribution in [0.5, 0.6) is 5.88 Å². The summed E-state index contributed by atoms with van der Waals surface area (Å²) in [5.74, 6) is 1.08. The smallest absolute Gasteiger partial charge is 0.251 e. The lowest BCUT2D eigenvalue weighted by Gasteiger charge is -2.07. The highest BCUT2D eigenvalue weighted by Crippen LogP contribution is 2.29. The molecule has 22 heavy (non-hydrogen) atoms. The van der Waals surface area contributed by atoms with Gasteiger partial charge in [0.2, 0.25) is 5.88 Å². The summed E-state index contributed by atoms with van der Waals surface area (Å²) in [6.07, 6.45) is 8.36. The van der Waals surface area contributed by atoms with Crippen LogP contribution in [0.15, 0.2) is 42.9 Å². The number of nitrogens with zero attached hydrogens (tertiary/aromatic N) is 2. The molecular formula is C17H19N3O2. The van der Waals surface area contributed by atoms with Crippen LogP contribution in [0.25, 0.3) is 0 Å². The zero-order chi connectivity index (χ0) is 15.2. The zero-order valence-corrected chi connectivity index (χ0v) is 12.4. The van der Waals surface area contributed by atoms with Gasteiger partial charge in [-0.1, -0.05) is 0 Å². The maximum atomic E-state index is 12.1. The van der Waals surface area contributed by atoms with Crippen molar-refractivity contribution in [3.05, 3.63) is 54.0 Å². The molecule has 5 heteroatoms. The van der Waals surface area contributed by atoms with E-state index in [1.807, 2.05) is 12.1 Å². The van der Waals surface area contributed by atoms with E-state index in [2.05, 4.69) is 15.3 Å². The molecule has 1 saturated carbocycles. The van der Waals surface area contributed by atoms with E-state index in [0.717, 1.165) is 12.0 Å². The van der Waals surface area contributed by atoms with Gasteiger partial charge in [0.25, 0.3) is 5.91 Å². The molecule has 0 spiro atoms. The minimum absolute atomic E-state index is 0.104. The lowest BCUT2D eigenvalue weighted by Crippen LogP contribution is -2.25. The third-order valence-electron chi connectivity index (χ3n) is 3.61. The van der Waals surface area contributed by atoms with Crippen molar-refractivity contribution in [2.45, 2.75) is 19.3 Å². The van der Waals surface area contributed by atoms with Crippen LogP contribution in [0.3, 0.4) is 0 Å². The third kappa shape index (κ3) is 4.28. The second-order valence-electron chi connectivity index (χ2n) is 5.50. The van der Waals surface area contributed by atoms with Crippen LogP contribution < -0.4 is 10.1 Å². The van der Waals surface area contributed by atoms with Gasteiger partial charge in [-0.3, -0.25) is 9.78 Å². The normalized spacial score (nSPS) is 13.6. The van der Waals surface area contributed by atoms with E-state index in [-0.39, 0.29) is 5.91 Å². The summed E-state index contributed by atoms with van der Waals surface area (Å²) in [6, 6.07) is 7.29. The van der Waals surface area contributed by atoms with E-state index >= 15 is 0 Å². The molecule has 1 amide bonds. The quantitative estimate of drug-likeness (QED) is 0.851. The summed E-state index contributed by atoms with van der Waals surface area (Å²) < 4.78 is 5.60. The lowest BCUT2D eigenvalue weighted by atomic mass is 10.2. The van der Waals surface area contributed by atoms with Crippen molar-refractivity contribution in [3.63, 3.8) is 0 Å². The Morgan fingerprint density at radius 2 is 2.05 bits per heavy atom. The predicted octanol–water partition coefficient (Wildman–Crippen LogP) is 2.24. The summed E-state index contributed by atoms with van der Waals surface area (Å²) in [4.78, 5) is 20.2. The summed E-state index contributed by atoms with van der Waals surface area (Å²) in [5.41, 5.74) is 1.73. The van der Waals surface area contributed by atoms with Crippen LogP contribution in [0.2, 0.25) is 0 Å². The fourth-order valence-electron chi connectivity index (χ4n) is 2.09. The largest absolute Gasteiger partial charge is 0.477 e. The minimum atomic E-state index is -0.104. The maximum Gasteiger partial charge on any atom is 0.251 e. The SMILES string of the molecule is O=C(NCCc1ccncc1)c1ccnc(OCC2CC2)c1. The molecule has 0 bridgehead atoms. The molecular weight excluding hydrogens is 278 g/mol. The number of amides is 1. The highest BCUT2D eigenvalue weighted by Gasteiger charge is 2.22. The van der Waals surface area contributed by atoms with Gasteiger partial charge in [-0.15, -0.1) is 0 Å². The van der Waals surface area contributed by atoms with Gasteiger partial charge in [-0.25, -0.2) is 4.98 Å².